The van der Waals surface area contributed by atoms with Crippen molar-refractivity contribution in [2.24, 2.45) is 29.6 Å². The summed E-state index contributed by atoms with van der Waals surface area (Å²) in [5, 5.41) is 1.70. The smallest absolute Gasteiger partial charge is 0.305 e. The maximum atomic E-state index is 13.8. The van der Waals surface area contributed by atoms with Crippen molar-refractivity contribution in [3.8, 4) is 0 Å². The third kappa shape index (κ3) is 3.42. The number of benzene rings is 2. The quantitative estimate of drug-likeness (QED) is 0.407. The maximum absolute atomic E-state index is 13.8. The molecule has 6 unspecified atom stereocenters. The minimum absolute atomic E-state index is 0.0365. The number of halogens is 1. The monoisotopic (exact) mass is 565 g/mol. The van der Waals surface area contributed by atoms with Gasteiger partial charge in [0.05, 0.1) is 22.5 Å². The number of carbonyl (C=O) groups excluding carboxylic acids is 2. The fourth-order valence-corrected chi connectivity index (χ4v) is 10.7. The van der Waals surface area contributed by atoms with Gasteiger partial charge >= 0.3 is 4.87 Å². The van der Waals surface area contributed by atoms with Gasteiger partial charge in [-0.05, 0) is 80.0 Å². The molecular formula is C29H28ClN3O3S2. The van der Waals surface area contributed by atoms with Crippen LogP contribution in [0.5, 0.6) is 0 Å². The fraction of sp³-hybridized carbons (Fsp3) is 0.414. The number of nitrogens with one attached hydrogen (secondary N) is 1. The van der Waals surface area contributed by atoms with Gasteiger partial charge in [-0.3, -0.25) is 19.3 Å². The largest absolute Gasteiger partial charge is 0.372 e. The molecular weight excluding hydrogens is 538 g/mol. The summed E-state index contributed by atoms with van der Waals surface area (Å²) in [6.07, 6.45) is 0.886. The van der Waals surface area contributed by atoms with E-state index < -0.39 is 0 Å². The molecule has 7 atom stereocenters. The number of hydrogen-bond acceptors (Lipinski definition) is 6. The van der Waals surface area contributed by atoms with Crippen LogP contribution in [0.15, 0.2) is 58.4 Å². The number of fused-ring (bicyclic) bond motifs is 9. The van der Waals surface area contributed by atoms with Crippen LogP contribution in [0.25, 0.3) is 0 Å². The van der Waals surface area contributed by atoms with E-state index in [0.29, 0.717) is 10.7 Å². The number of thiazole rings is 1. The summed E-state index contributed by atoms with van der Waals surface area (Å²) in [4.78, 5) is 47.9. The molecule has 196 valence electrons. The van der Waals surface area contributed by atoms with Crippen LogP contribution in [0, 0.1) is 29.6 Å². The molecule has 0 spiro atoms. The Labute approximate surface area is 234 Å². The van der Waals surface area contributed by atoms with E-state index in [9.17, 15) is 14.4 Å². The van der Waals surface area contributed by atoms with Gasteiger partial charge in [-0.1, -0.05) is 35.1 Å². The van der Waals surface area contributed by atoms with Crippen molar-refractivity contribution in [3.63, 3.8) is 0 Å². The number of nitrogens with zero attached hydrogens (tertiary/aromatic N) is 2. The number of thioether (sulfide) groups is 1. The van der Waals surface area contributed by atoms with E-state index in [1.165, 1.54) is 27.5 Å². The number of carbonyl (C=O) groups is 2. The molecule has 38 heavy (non-hydrogen) atoms. The summed E-state index contributed by atoms with van der Waals surface area (Å²) in [6.45, 7) is 6.19. The predicted octanol–water partition coefficient (Wildman–Crippen LogP) is 5.61. The number of aromatic nitrogens is 1. The summed E-state index contributed by atoms with van der Waals surface area (Å²) in [5.41, 5.74) is 2.97. The molecule has 0 radical (unpaired) electrons. The second-order valence-electron chi connectivity index (χ2n) is 10.7. The summed E-state index contributed by atoms with van der Waals surface area (Å²) in [7, 11) is 0. The average molecular weight is 566 g/mol. The lowest BCUT2D eigenvalue weighted by molar-refractivity contribution is -0.123. The van der Waals surface area contributed by atoms with Gasteiger partial charge in [0.2, 0.25) is 11.8 Å². The SMILES string of the molecule is CCN(CC)c1ccc([C@H]2c3sc(=O)[nH]c3SC3C4CC(C5C(=O)N(c6ccc(Cl)cc6)C(=O)C45)C32)cc1. The summed E-state index contributed by atoms with van der Waals surface area (Å²) in [6, 6.07) is 15.7. The zero-order valence-electron chi connectivity index (χ0n) is 21.1. The molecule has 1 saturated heterocycles. The van der Waals surface area contributed by atoms with Crippen molar-refractivity contribution in [2.75, 3.05) is 22.9 Å². The Morgan fingerprint density at radius 3 is 2.26 bits per heavy atom. The highest BCUT2D eigenvalue weighted by molar-refractivity contribution is 8.00. The Morgan fingerprint density at radius 2 is 1.61 bits per heavy atom. The molecule has 1 aromatic heterocycles. The van der Waals surface area contributed by atoms with E-state index in [1.807, 2.05) is 0 Å². The second-order valence-corrected chi connectivity index (χ2v) is 13.4. The first-order chi connectivity index (χ1) is 18.4. The van der Waals surface area contributed by atoms with E-state index >= 15 is 0 Å². The van der Waals surface area contributed by atoms with Crippen molar-refractivity contribution in [1.29, 1.82) is 0 Å². The van der Waals surface area contributed by atoms with Gasteiger partial charge < -0.3 is 9.88 Å². The van der Waals surface area contributed by atoms with Crippen molar-refractivity contribution in [1.82, 2.24) is 4.98 Å². The van der Waals surface area contributed by atoms with Crippen molar-refractivity contribution < 1.29 is 9.59 Å². The number of imide groups is 1. The third-order valence-corrected chi connectivity index (χ3v) is 12.0. The van der Waals surface area contributed by atoms with Crippen LogP contribution in [0.2, 0.25) is 5.02 Å². The molecule has 2 aliphatic heterocycles. The normalized spacial score (nSPS) is 30.9. The Kier molecular flexibility index (Phi) is 5.80. The molecule has 3 heterocycles. The summed E-state index contributed by atoms with van der Waals surface area (Å²) in [5.74, 6) is -0.313. The number of H-pyrrole nitrogens is 1. The molecule has 9 heteroatoms. The van der Waals surface area contributed by atoms with E-state index in [4.69, 9.17) is 11.6 Å². The van der Waals surface area contributed by atoms with Crippen molar-refractivity contribution in [2.45, 2.75) is 36.5 Å². The van der Waals surface area contributed by atoms with Gasteiger partial charge in [0.1, 0.15) is 0 Å². The maximum Gasteiger partial charge on any atom is 0.305 e. The zero-order valence-corrected chi connectivity index (χ0v) is 23.5. The third-order valence-electron chi connectivity index (χ3n) is 9.19. The van der Waals surface area contributed by atoms with Crippen molar-refractivity contribution >= 4 is 57.9 Å². The molecule has 2 aromatic carbocycles. The molecule has 1 N–H and O–H groups in total. The lowest BCUT2D eigenvalue weighted by Crippen LogP contribution is -2.42. The average Bonchev–Trinajstić information content (AvgIpc) is 3.65. The Bertz CT molecular complexity index is 1480. The molecule has 3 aromatic rings. The van der Waals surface area contributed by atoms with Gasteiger partial charge in [-0.25, -0.2) is 0 Å². The highest BCUT2D eigenvalue weighted by Crippen LogP contribution is 2.68. The Morgan fingerprint density at radius 1 is 0.947 bits per heavy atom. The van der Waals surface area contributed by atoms with Crippen LogP contribution in [-0.4, -0.2) is 35.1 Å². The van der Waals surface area contributed by atoms with Gasteiger partial charge in [0, 0.05) is 39.8 Å². The van der Waals surface area contributed by atoms with E-state index in [0.717, 1.165) is 29.4 Å². The van der Waals surface area contributed by atoms with Crippen LogP contribution < -0.4 is 14.7 Å². The zero-order chi connectivity index (χ0) is 26.3. The highest BCUT2D eigenvalue weighted by atomic mass is 35.5. The molecule has 2 saturated carbocycles. The van der Waals surface area contributed by atoms with E-state index in [2.05, 4.69) is 48.0 Å². The number of rotatable bonds is 5. The van der Waals surface area contributed by atoms with Crippen molar-refractivity contribution in [3.05, 3.63) is 73.7 Å². The molecule has 7 rings (SSSR count). The number of hydrogen-bond donors (Lipinski definition) is 1. The Hall–Kier alpha value is -2.55. The van der Waals surface area contributed by atoms with Crippen LogP contribution in [0.4, 0.5) is 11.4 Å². The van der Waals surface area contributed by atoms with E-state index in [-0.39, 0.29) is 57.4 Å². The molecule has 3 fully saturated rings. The second kappa shape index (κ2) is 9.00. The minimum Gasteiger partial charge on any atom is -0.372 e. The highest BCUT2D eigenvalue weighted by Gasteiger charge is 2.69. The number of anilines is 2. The number of amides is 2. The lowest BCUT2D eigenvalue weighted by atomic mass is 9.68. The summed E-state index contributed by atoms with van der Waals surface area (Å²) < 4.78 is 0. The van der Waals surface area contributed by atoms with Crippen LogP contribution >= 0.6 is 34.7 Å². The molecule has 2 bridgehead atoms. The fourth-order valence-electron chi connectivity index (χ4n) is 7.72. The van der Waals surface area contributed by atoms with Gasteiger partial charge in [0.25, 0.3) is 0 Å². The summed E-state index contributed by atoms with van der Waals surface area (Å²) >= 11 is 9.09. The predicted molar refractivity (Wildman–Crippen MR) is 152 cm³/mol. The van der Waals surface area contributed by atoms with Gasteiger partial charge in [-0.15, -0.1) is 11.8 Å². The Balaban J connectivity index is 1.28. The first kappa shape index (κ1) is 24.5. The molecule has 4 aliphatic rings. The van der Waals surface area contributed by atoms with Gasteiger partial charge in [-0.2, -0.15) is 0 Å². The lowest BCUT2D eigenvalue weighted by Gasteiger charge is -2.43. The molecule has 2 amide bonds. The van der Waals surface area contributed by atoms with Gasteiger partial charge in [0.15, 0.2) is 0 Å². The first-order valence-electron chi connectivity index (χ1n) is 13.3. The van der Waals surface area contributed by atoms with Crippen LogP contribution in [0.3, 0.4) is 0 Å². The number of aromatic amines is 1. The van der Waals surface area contributed by atoms with Crippen LogP contribution in [-0.2, 0) is 9.59 Å². The topological polar surface area (TPSA) is 73.5 Å². The minimum atomic E-state index is -0.306. The molecule has 6 nitrogen and oxygen atoms in total. The van der Waals surface area contributed by atoms with Crippen LogP contribution in [0.1, 0.15) is 36.6 Å². The standard InChI is InChI=1S/C29H28ClN3O3S2/c1-3-32(4-2)16-9-5-14(6-10-16)20-21-18-13-19(24(21)37-26-25(20)38-29(36)31-26)23-22(18)27(34)33(28(23)35)17-11-7-15(30)8-12-17/h5-12,18-24H,3-4,13H2,1-2H3,(H,31,36)/t18?,19?,20-,21?,22?,23?,24?/m1/s1. The first-order valence-corrected chi connectivity index (χ1v) is 15.4. The molecule has 2 aliphatic carbocycles. The van der Waals surface area contributed by atoms with E-state index in [1.54, 1.807) is 36.0 Å².